The zero-order valence-electron chi connectivity index (χ0n) is 9.09. The van der Waals surface area contributed by atoms with Crippen LogP contribution in [0.15, 0.2) is 0 Å². The number of hydrogen-bond donors (Lipinski definition) is 2. The van der Waals surface area contributed by atoms with Gasteiger partial charge in [-0.05, 0) is 12.8 Å². The molecule has 0 spiro atoms. The summed E-state index contributed by atoms with van der Waals surface area (Å²) >= 11 is 0. The molecular weight excluding hydrogens is 239 g/mol. The highest BCUT2D eigenvalue weighted by molar-refractivity contribution is 5.84. The van der Waals surface area contributed by atoms with Crippen LogP contribution < -0.4 is 5.32 Å². The van der Waals surface area contributed by atoms with Gasteiger partial charge in [-0.15, -0.1) is 0 Å². The lowest BCUT2D eigenvalue weighted by Gasteiger charge is -2.27. The van der Waals surface area contributed by atoms with Crippen LogP contribution in [-0.4, -0.2) is 29.7 Å². The van der Waals surface area contributed by atoms with Gasteiger partial charge in [0, 0.05) is 0 Å². The second kappa shape index (κ2) is 5.37. The van der Waals surface area contributed by atoms with E-state index in [2.05, 4.69) is 0 Å². The summed E-state index contributed by atoms with van der Waals surface area (Å²) in [6.07, 6.45) is -2.42. The Bertz CT molecular complexity index is 304. The lowest BCUT2D eigenvalue weighted by Crippen LogP contribution is -2.43. The second-order valence-electron chi connectivity index (χ2n) is 4.17. The molecule has 0 bridgehead atoms. The van der Waals surface area contributed by atoms with Crippen molar-refractivity contribution in [1.82, 2.24) is 5.32 Å². The molecule has 0 aromatic rings. The van der Waals surface area contributed by atoms with Crippen LogP contribution in [0.4, 0.5) is 13.2 Å². The van der Waals surface area contributed by atoms with Crippen molar-refractivity contribution < 1.29 is 27.9 Å². The number of amides is 1. The molecule has 2 N–H and O–H groups in total. The lowest BCUT2D eigenvalue weighted by atomic mass is 9.79. The van der Waals surface area contributed by atoms with E-state index in [1.165, 1.54) is 0 Å². The van der Waals surface area contributed by atoms with Gasteiger partial charge in [0.05, 0.1) is 11.8 Å². The maximum absolute atomic E-state index is 11.9. The Morgan fingerprint density at radius 3 is 2.18 bits per heavy atom. The summed E-state index contributed by atoms with van der Waals surface area (Å²) in [7, 11) is 0. The molecule has 1 saturated carbocycles. The van der Waals surface area contributed by atoms with Crippen LogP contribution >= 0.6 is 0 Å². The van der Waals surface area contributed by atoms with Crippen LogP contribution in [0.5, 0.6) is 0 Å². The zero-order chi connectivity index (χ0) is 13.1. The third kappa shape index (κ3) is 4.24. The third-order valence-electron chi connectivity index (χ3n) is 2.88. The number of carboxylic acids is 1. The van der Waals surface area contributed by atoms with E-state index in [1.54, 1.807) is 5.32 Å². The molecule has 17 heavy (non-hydrogen) atoms. The van der Waals surface area contributed by atoms with E-state index >= 15 is 0 Å². The molecule has 1 fully saturated rings. The molecule has 98 valence electrons. The number of aliphatic carboxylic acids is 1. The molecule has 7 heteroatoms. The quantitative estimate of drug-likeness (QED) is 0.802. The molecule has 0 radical (unpaired) electrons. The number of nitrogens with one attached hydrogen (secondary N) is 1. The van der Waals surface area contributed by atoms with Crippen molar-refractivity contribution in [2.45, 2.75) is 31.9 Å². The van der Waals surface area contributed by atoms with Crippen molar-refractivity contribution in [3.05, 3.63) is 0 Å². The fourth-order valence-corrected chi connectivity index (χ4v) is 2.06. The fraction of sp³-hybridized carbons (Fsp3) is 0.800. The highest BCUT2D eigenvalue weighted by Gasteiger charge is 2.37. The van der Waals surface area contributed by atoms with Gasteiger partial charge in [-0.3, -0.25) is 9.59 Å². The molecule has 0 aromatic heterocycles. The summed E-state index contributed by atoms with van der Waals surface area (Å²) in [5.41, 5.74) is 0. The van der Waals surface area contributed by atoms with Crippen LogP contribution in [0.25, 0.3) is 0 Å². The molecular formula is C10H14F3NO3. The number of alkyl halides is 3. The summed E-state index contributed by atoms with van der Waals surface area (Å²) in [4.78, 5) is 22.4. The largest absolute Gasteiger partial charge is 0.481 e. The Balaban J connectivity index is 2.56. The molecule has 1 aliphatic carbocycles. The summed E-state index contributed by atoms with van der Waals surface area (Å²) in [6, 6.07) is 0. The van der Waals surface area contributed by atoms with E-state index in [1.807, 2.05) is 0 Å². The average Bonchev–Trinajstić information content (AvgIpc) is 2.25. The normalized spacial score (nSPS) is 25.4. The van der Waals surface area contributed by atoms with Crippen molar-refractivity contribution >= 4 is 11.9 Å². The smallest absolute Gasteiger partial charge is 0.405 e. The zero-order valence-corrected chi connectivity index (χ0v) is 9.09. The molecule has 0 saturated heterocycles. The third-order valence-corrected chi connectivity index (χ3v) is 2.88. The molecule has 1 rings (SSSR count). The SMILES string of the molecule is O=C(O)C1CCCCC1C(=O)NCC(F)(F)F. The number of carbonyl (C=O) groups excluding carboxylic acids is 1. The number of halogens is 3. The van der Waals surface area contributed by atoms with E-state index in [0.717, 1.165) is 0 Å². The van der Waals surface area contributed by atoms with Gasteiger partial charge < -0.3 is 10.4 Å². The van der Waals surface area contributed by atoms with Crippen molar-refractivity contribution in [1.29, 1.82) is 0 Å². The first-order valence-electron chi connectivity index (χ1n) is 5.38. The first-order valence-corrected chi connectivity index (χ1v) is 5.38. The monoisotopic (exact) mass is 253 g/mol. The van der Waals surface area contributed by atoms with Gasteiger partial charge in [-0.25, -0.2) is 0 Å². The maximum atomic E-state index is 11.9. The van der Waals surface area contributed by atoms with E-state index < -0.39 is 36.4 Å². The van der Waals surface area contributed by atoms with E-state index in [0.29, 0.717) is 25.7 Å². The van der Waals surface area contributed by atoms with Crippen LogP contribution in [-0.2, 0) is 9.59 Å². The molecule has 1 aliphatic rings. The number of carbonyl (C=O) groups is 2. The van der Waals surface area contributed by atoms with Crippen molar-refractivity contribution in [3.63, 3.8) is 0 Å². The van der Waals surface area contributed by atoms with Gasteiger partial charge in [0.25, 0.3) is 0 Å². The molecule has 2 atom stereocenters. The summed E-state index contributed by atoms with van der Waals surface area (Å²) in [5, 5.41) is 10.6. The van der Waals surface area contributed by atoms with Crippen molar-refractivity contribution in [2.24, 2.45) is 11.8 Å². The summed E-state index contributed by atoms with van der Waals surface area (Å²) in [6.45, 7) is -1.41. The first-order chi connectivity index (χ1) is 7.81. The first kappa shape index (κ1) is 13.8. The number of rotatable bonds is 3. The Morgan fingerprint density at radius 1 is 1.18 bits per heavy atom. The minimum Gasteiger partial charge on any atom is -0.481 e. The maximum Gasteiger partial charge on any atom is 0.405 e. The minimum atomic E-state index is -4.47. The molecule has 0 heterocycles. The Hall–Kier alpha value is -1.27. The molecule has 1 amide bonds. The highest BCUT2D eigenvalue weighted by atomic mass is 19.4. The topological polar surface area (TPSA) is 66.4 Å². The molecule has 0 aromatic carbocycles. The second-order valence-corrected chi connectivity index (χ2v) is 4.17. The Kier molecular flexibility index (Phi) is 4.36. The van der Waals surface area contributed by atoms with Gasteiger partial charge >= 0.3 is 12.1 Å². The number of carboxylic acid groups (broad SMARTS) is 1. The standard InChI is InChI=1S/C10H14F3NO3/c11-10(12,13)5-14-8(15)6-3-1-2-4-7(6)9(16)17/h6-7H,1-5H2,(H,14,15)(H,16,17). The summed E-state index contributed by atoms with van der Waals surface area (Å²) < 4.78 is 35.7. The van der Waals surface area contributed by atoms with Crippen LogP contribution in [0.2, 0.25) is 0 Å². The lowest BCUT2D eigenvalue weighted by molar-refractivity contribution is -0.151. The average molecular weight is 253 g/mol. The van der Waals surface area contributed by atoms with Crippen LogP contribution in [0.3, 0.4) is 0 Å². The number of hydrogen-bond acceptors (Lipinski definition) is 2. The van der Waals surface area contributed by atoms with Gasteiger partial charge in [0.1, 0.15) is 6.54 Å². The van der Waals surface area contributed by atoms with Gasteiger partial charge in [-0.1, -0.05) is 12.8 Å². The van der Waals surface area contributed by atoms with Crippen LogP contribution in [0, 0.1) is 11.8 Å². The molecule has 4 nitrogen and oxygen atoms in total. The molecule has 0 aliphatic heterocycles. The Morgan fingerprint density at radius 2 is 1.71 bits per heavy atom. The van der Waals surface area contributed by atoms with E-state index in [-0.39, 0.29) is 0 Å². The molecule has 2 unspecified atom stereocenters. The predicted molar refractivity (Wildman–Crippen MR) is 52.1 cm³/mol. The van der Waals surface area contributed by atoms with Gasteiger partial charge in [-0.2, -0.15) is 13.2 Å². The van der Waals surface area contributed by atoms with Gasteiger partial charge in [0.2, 0.25) is 5.91 Å². The van der Waals surface area contributed by atoms with Crippen LogP contribution in [0.1, 0.15) is 25.7 Å². The summed E-state index contributed by atoms with van der Waals surface area (Å²) in [5.74, 6) is -3.63. The van der Waals surface area contributed by atoms with E-state index in [4.69, 9.17) is 5.11 Å². The van der Waals surface area contributed by atoms with Crippen molar-refractivity contribution in [2.75, 3.05) is 6.54 Å². The van der Waals surface area contributed by atoms with Gasteiger partial charge in [0.15, 0.2) is 0 Å². The minimum absolute atomic E-state index is 0.334. The van der Waals surface area contributed by atoms with E-state index in [9.17, 15) is 22.8 Å². The van der Waals surface area contributed by atoms with Crippen molar-refractivity contribution in [3.8, 4) is 0 Å². The fourth-order valence-electron chi connectivity index (χ4n) is 2.06. The Labute approximate surface area is 96.2 Å². The predicted octanol–water partition coefficient (Wildman–Crippen LogP) is 1.56. The highest BCUT2D eigenvalue weighted by Crippen LogP contribution is 2.30.